The zero-order chi connectivity index (χ0) is 19.7. The summed E-state index contributed by atoms with van der Waals surface area (Å²) < 4.78 is 59.8. The van der Waals surface area contributed by atoms with Gasteiger partial charge in [-0.15, -0.1) is 0 Å². The van der Waals surface area contributed by atoms with Crippen molar-refractivity contribution < 1.29 is 21.6 Å². The topological polar surface area (TPSA) is 84.0 Å². The summed E-state index contributed by atoms with van der Waals surface area (Å²) in [6.07, 6.45) is 0. The maximum atomic E-state index is 13.0. The molecule has 0 atom stereocenters. The molecule has 0 N–H and O–H groups in total. The van der Waals surface area contributed by atoms with Crippen molar-refractivity contribution in [1.29, 1.82) is 0 Å². The predicted molar refractivity (Wildman–Crippen MR) is 105 cm³/mol. The number of hydrogen-bond donors (Lipinski definition) is 0. The fourth-order valence-electron chi connectivity index (χ4n) is 2.88. The van der Waals surface area contributed by atoms with E-state index in [9.17, 15) is 16.8 Å². The Bertz CT molecular complexity index is 1020. The van der Waals surface area contributed by atoms with Crippen molar-refractivity contribution in [2.75, 3.05) is 33.3 Å². The van der Waals surface area contributed by atoms with Crippen LogP contribution in [0.1, 0.15) is 0 Å². The number of piperazine rings is 1. The minimum Gasteiger partial charge on any atom is -0.495 e. The lowest BCUT2D eigenvalue weighted by molar-refractivity contribution is 0.272. The van der Waals surface area contributed by atoms with Gasteiger partial charge in [0.2, 0.25) is 20.0 Å². The Morgan fingerprint density at radius 2 is 1.41 bits per heavy atom. The van der Waals surface area contributed by atoms with Gasteiger partial charge in [-0.05, 0) is 30.3 Å². The van der Waals surface area contributed by atoms with Crippen LogP contribution in [-0.2, 0) is 20.0 Å². The first kappa shape index (κ1) is 20.3. The number of nitrogens with zero attached hydrogens (tertiary/aromatic N) is 2. The van der Waals surface area contributed by atoms with Crippen molar-refractivity contribution in [2.45, 2.75) is 9.79 Å². The van der Waals surface area contributed by atoms with Gasteiger partial charge in [0.1, 0.15) is 10.6 Å². The molecule has 2 aromatic carbocycles. The normalized spacial score (nSPS) is 17.0. The molecule has 0 spiro atoms. The Labute approximate surface area is 167 Å². The molecule has 3 rings (SSSR count). The van der Waals surface area contributed by atoms with Gasteiger partial charge < -0.3 is 4.74 Å². The number of ether oxygens (including phenoxy) is 1. The predicted octanol–water partition coefficient (Wildman–Crippen LogP) is 2.15. The van der Waals surface area contributed by atoms with Crippen molar-refractivity contribution >= 4 is 36.0 Å². The molecular weight excluding hydrogens is 456 g/mol. The summed E-state index contributed by atoms with van der Waals surface area (Å²) in [7, 11) is -6.03. The summed E-state index contributed by atoms with van der Waals surface area (Å²) in [4.78, 5) is 0.258. The van der Waals surface area contributed by atoms with Gasteiger partial charge in [-0.1, -0.05) is 34.1 Å². The average molecular weight is 475 g/mol. The molecule has 1 aliphatic rings. The van der Waals surface area contributed by atoms with Crippen LogP contribution in [0.5, 0.6) is 5.75 Å². The zero-order valence-corrected chi connectivity index (χ0v) is 17.8. The molecule has 0 amide bonds. The molecule has 0 unspecified atom stereocenters. The molecule has 1 heterocycles. The number of halogens is 1. The van der Waals surface area contributed by atoms with E-state index in [1.54, 1.807) is 30.3 Å². The molecule has 1 fully saturated rings. The van der Waals surface area contributed by atoms with Gasteiger partial charge in [-0.3, -0.25) is 0 Å². The number of hydrogen-bond acceptors (Lipinski definition) is 5. The molecule has 0 aromatic heterocycles. The molecule has 146 valence electrons. The SMILES string of the molecule is COc1ccc(Br)cc1S(=O)(=O)N1CCN(S(=O)(=O)c2ccccc2)CC1. The first-order valence-electron chi connectivity index (χ1n) is 8.16. The summed E-state index contributed by atoms with van der Waals surface area (Å²) in [5, 5.41) is 0. The molecule has 0 bridgehead atoms. The van der Waals surface area contributed by atoms with E-state index in [1.807, 2.05) is 0 Å². The Balaban J connectivity index is 1.81. The highest BCUT2D eigenvalue weighted by Crippen LogP contribution is 2.30. The number of methoxy groups -OCH3 is 1. The minimum atomic E-state index is -3.80. The van der Waals surface area contributed by atoms with Crippen molar-refractivity contribution in [1.82, 2.24) is 8.61 Å². The van der Waals surface area contributed by atoms with E-state index in [0.29, 0.717) is 4.47 Å². The first-order valence-corrected chi connectivity index (χ1v) is 11.8. The highest BCUT2D eigenvalue weighted by molar-refractivity contribution is 9.10. The van der Waals surface area contributed by atoms with Crippen LogP contribution in [0.4, 0.5) is 0 Å². The van der Waals surface area contributed by atoms with Crippen molar-refractivity contribution in [3.63, 3.8) is 0 Å². The lowest BCUT2D eigenvalue weighted by atomic mass is 10.3. The Morgan fingerprint density at radius 3 is 1.96 bits per heavy atom. The third-order valence-electron chi connectivity index (χ3n) is 4.32. The Hall–Kier alpha value is -1.46. The van der Waals surface area contributed by atoms with E-state index in [0.717, 1.165) is 0 Å². The maximum absolute atomic E-state index is 13.0. The minimum absolute atomic E-state index is 0.0544. The third kappa shape index (κ3) is 4.04. The average Bonchev–Trinajstić information content (AvgIpc) is 2.68. The van der Waals surface area contributed by atoms with Crippen LogP contribution < -0.4 is 4.74 Å². The number of benzene rings is 2. The van der Waals surface area contributed by atoms with Gasteiger partial charge in [0.25, 0.3) is 0 Å². The molecule has 1 aliphatic heterocycles. The summed E-state index contributed by atoms with van der Waals surface area (Å²) in [5.74, 6) is 0.248. The van der Waals surface area contributed by atoms with Crippen molar-refractivity contribution in [3.8, 4) is 5.75 Å². The second-order valence-electron chi connectivity index (χ2n) is 5.92. The smallest absolute Gasteiger partial charge is 0.246 e. The van der Waals surface area contributed by atoms with Crippen LogP contribution in [0.15, 0.2) is 62.8 Å². The lowest BCUT2D eigenvalue weighted by Gasteiger charge is -2.33. The first-order chi connectivity index (χ1) is 12.8. The fraction of sp³-hybridized carbons (Fsp3) is 0.294. The molecule has 0 radical (unpaired) electrons. The van der Waals surface area contributed by atoms with Crippen LogP contribution in [0.25, 0.3) is 0 Å². The summed E-state index contributed by atoms with van der Waals surface area (Å²) >= 11 is 3.28. The van der Waals surface area contributed by atoms with Gasteiger partial charge >= 0.3 is 0 Å². The van der Waals surface area contributed by atoms with Crippen LogP contribution in [0.2, 0.25) is 0 Å². The van der Waals surface area contributed by atoms with Gasteiger partial charge in [0.15, 0.2) is 0 Å². The van der Waals surface area contributed by atoms with E-state index in [4.69, 9.17) is 4.74 Å². The molecular formula is C17H19BrN2O5S2. The van der Waals surface area contributed by atoms with Crippen molar-refractivity contribution in [2.24, 2.45) is 0 Å². The number of rotatable bonds is 5. The third-order valence-corrected chi connectivity index (χ3v) is 8.65. The molecule has 0 saturated carbocycles. The highest BCUT2D eigenvalue weighted by Gasteiger charge is 2.35. The van der Waals surface area contributed by atoms with E-state index in [1.165, 1.54) is 33.9 Å². The second-order valence-corrected chi connectivity index (χ2v) is 10.7. The van der Waals surface area contributed by atoms with E-state index >= 15 is 0 Å². The summed E-state index contributed by atoms with van der Waals surface area (Å²) in [5.41, 5.74) is 0. The monoisotopic (exact) mass is 474 g/mol. The zero-order valence-electron chi connectivity index (χ0n) is 14.6. The molecule has 27 heavy (non-hydrogen) atoms. The van der Waals surface area contributed by atoms with E-state index in [-0.39, 0.29) is 41.7 Å². The molecule has 1 saturated heterocycles. The van der Waals surface area contributed by atoms with Gasteiger partial charge in [0, 0.05) is 30.7 Å². The van der Waals surface area contributed by atoms with Gasteiger partial charge in [-0.25, -0.2) is 16.8 Å². The molecule has 10 heteroatoms. The quantitative estimate of drug-likeness (QED) is 0.662. The van der Waals surface area contributed by atoms with Crippen molar-refractivity contribution in [3.05, 3.63) is 53.0 Å². The molecule has 2 aromatic rings. The highest BCUT2D eigenvalue weighted by atomic mass is 79.9. The summed E-state index contributed by atoms with van der Waals surface area (Å²) in [6.45, 7) is 0.327. The van der Waals surface area contributed by atoms with E-state index < -0.39 is 20.0 Å². The number of sulfonamides is 2. The van der Waals surface area contributed by atoms with Gasteiger partial charge in [-0.2, -0.15) is 8.61 Å². The lowest BCUT2D eigenvalue weighted by Crippen LogP contribution is -2.50. The second kappa shape index (κ2) is 7.88. The Morgan fingerprint density at radius 1 is 0.852 bits per heavy atom. The van der Waals surface area contributed by atoms with Crippen LogP contribution in [-0.4, -0.2) is 58.7 Å². The molecule has 0 aliphatic carbocycles. The Kier molecular flexibility index (Phi) is 5.92. The van der Waals surface area contributed by atoms with Crippen LogP contribution in [0, 0.1) is 0 Å². The van der Waals surface area contributed by atoms with Gasteiger partial charge in [0.05, 0.1) is 12.0 Å². The van der Waals surface area contributed by atoms with E-state index in [2.05, 4.69) is 15.9 Å². The van der Waals surface area contributed by atoms with Crippen LogP contribution >= 0.6 is 15.9 Å². The molecule has 7 nitrogen and oxygen atoms in total. The largest absolute Gasteiger partial charge is 0.495 e. The maximum Gasteiger partial charge on any atom is 0.246 e. The fourth-order valence-corrected chi connectivity index (χ4v) is 6.44. The standard InChI is InChI=1S/C17H19BrN2O5S2/c1-25-16-8-7-14(18)13-17(16)27(23,24)20-11-9-19(10-12-20)26(21,22)15-5-3-2-4-6-15/h2-8,13H,9-12H2,1H3. The van der Waals surface area contributed by atoms with Crippen LogP contribution in [0.3, 0.4) is 0 Å². The summed E-state index contributed by atoms with van der Waals surface area (Å²) in [6, 6.07) is 12.9.